The molecule has 124 valence electrons. The van der Waals surface area contributed by atoms with E-state index in [1.165, 1.54) is 0 Å². The predicted octanol–water partition coefficient (Wildman–Crippen LogP) is 3.66. The van der Waals surface area contributed by atoms with Gasteiger partial charge in [-0.15, -0.1) is 0 Å². The molecule has 0 aliphatic carbocycles. The zero-order valence-electron chi connectivity index (χ0n) is 15.0. The Labute approximate surface area is 130 Å². The molecule has 0 unspecified atom stereocenters. The quantitative estimate of drug-likeness (QED) is 0.861. The molecule has 0 aromatic heterocycles. The number of piperidine rings is 1. The average molecular weight is 298 g/mol. The molecule has 0 aromatic carbocycles. The molecule has 0 saturated carbocycles. The number of hydrogen-bond acceptors (Lipinski definition) is 3. The van der Waals surface area contributed by atoms with Gasteiger partial charge in [0, 0.05) is 25.7 Å². The minimum Gasteiger partial charge on any atom is -0.444 e. The second-order valence-corrected chi connectivity index (χ2v) is 8.27. The highest BCUT2D eigenvalue weighted by atomic mass is 16.6. The van der Waals surface area contributed by atoms with Gasteiger partial charge in [-0.05, 0) is 44.9 Å². The fourth-order valence-corrected chi connectivity index (χ4v) is 2.20. The molecule has 1 aliphatic heterocycles. The highest BCUT2D eigenvalue weighted by molar-refractivity contribution is 5.68. The molecule has 21 heavy (non-hydrogen) atoms. The maximum Gasteiger partial charge on any atom is 0.410 e. The number of nitrogens with one attached hydrogen (secondary N) is 1. The van der Waals surface area contributed by atoms with Gasteiger partial charge in [-0.25, -0.2) is 4.79 Å². The summed E-state index contributed by atoms with van der Waals surface area (Å²) in [5.74, 6) is 0.659. The van der Waals surface area contributed by atoms with Gasteiger partial charge in [0.1, 0.15) is 5.60 Å². The van der Waals surface area contributed by atoms with Crippen LogP contribution in [-0.2, 0) is 4.74 Å². The number of hydrogen-bond donors (Lipinski definition) is 1. The van der Waals surface area contributed by atoms with Crippen molar-refractivity contribution in [2.24, 2.45) is 11.3 Å². The van der Waals surface area contributed by atoms with Crippen molar-refractivity contribution < 1.29 is 9.53 Å². The van der Waals surface area contributed by atoms with Crippen LogP contribution < -0.4 is 5.32 Å². The molecular formula is C17H34N2O2. The molecule has 1 aliphatic rings. The van der Waals surface area contributed by atoms with Crippen LogP contribution in [0.25, 0.3) is 0 Å². The minimum absolute atomic E-state index is 0.177. The van der Waals surface area contributed by atoms with Crippen LogP contribution in [0, 0.1) is 11.3 Å². The van der Waals surface area contributed by atoms with E-state index in [4.69, 9.17) is 4.74 Å². The molecule has 1 heterocycles. The Kier molecular flexibility index (Phi) is 6.09. The van der Waals surface area contributed by atoms with Crippen LogP contribution in [0.15, 0.2) is 0 Å². The van der Waals surface area contributed by atoms with Gasteiger partial charge in [0.25, 0.3) is 0 Å². The molecule has 0 radical (unpaired) electrons. The van der Waals surface area contributed by atoms with Crippen molar-refractivity contribution in [1.82, 2.24) is 10.2 Å². The summed E-state index contributed by atoms with van der Waals surface area (Å²) >= 11 is 0. The van der Waals surface area contributed by atoms with Crippen LogP contribution in [-0.4, -0.2) is 42.3 Å². The predicted molar refractivity (Wildman–Crippen MR) is 87.5 cm³/mol. The number of carbonyl (C=O) groups is 1. The summed E-state index contributed by atoms with van der Waals surface area (Å²) in [4.78, 5) is 13.8. The van der Waals surface area contributed by atoms with Gasteiger partial charge in [0.05, 0.1) is 0 Å². The summed E-state index contributed by atoms with van der Waals surface area (Å²) in [5, 5.41) is 3.67. The Hall–Kier alpha value is -0.770. The molecule has 1 amide bonds. The van der Waals surface area contributed by atoms with Gasteiger partial charge >= 0.3 is 6.09 Å². The van der Waals surface area contributed by atoms with Crippen LogP contribution in [0.1, 0.15) is 61.3 Å². The summed E-state index contributed by atoms with van der Waals surface area (Å²) in [6.45, 7) is 17.5. The number of amides is 1. The normalized spacial score (nSPS) is 18.2. The summed E-state index contributed by atoms with van der Waals surface area (Å²) in [6, 6.07) is 0.515. The van der Waals surface area contributed by atoms with Crippen LogP contribution in [0.4, 0.5) is 4.79 Å². The van der Waals surface area contributed by atoms with E-state index in [0.717, 1.165) is 32.5 Å². The zero-order valence-corrected chi connectivity index (χ0v) is 15.0. The molecule has 4 nitrogen and oxygen atoms in total. The summed E-state index contributed by atoms with van der Waals surface area (Å²) in [6.07, 6.45) is 1.84. The lowest BCUT2D eigenvalue weighted by molar-refractivity contribution is 0.0195. The van der Waals surface area contributed by atoms with Crippen molar-refractivity contribution in [3.8, 4) is 0 Å². The van der Waals surface area contributed by atoms with Crippen molar-refractivity contribution in [2.45, 2.75) is 73.0 Å². The summed E-state index contributed by atoms with van der Waals surface area (Å²) in [7, 11) is 0. The van der Waals surface area contributed by atoms with Gasteiger partial charge in [0.2, 0.25) is 0 Å². The van der Waals surface area contributed by atoms with Crippen LogP contribution in [0.2, 0.25) is 0 Å². The van der Waals surface area contributed by atoms with E-state index in [0.29, 0.717) is 17.4 Å². The molecule has 1 N–H and O–H groups in total. The van der Waals surface area contributed by atoms with Crippen molar-refractivity contribution >= 4 is 6.09 Å². The van der Waals surface area contributed by atoms with Gasteiger partial charge in [0.15, 0.2) is 0 Å². The molecule has 1 rings (SSSR count). The SMILES string of the molecule is CC(C)C(C)(C)CNC1CCN(C(=O)OC(C)(C)C)CC1. The molecule has 0 spiro atoms. The topological polar surface area (TPSA) is 41.6 Å². The molecule has 1 saturated heterocycles. The third-order valence-electron chi connectivity index (χ3n) is 4.56. The van der Waals surface area contributed by atoms with Crippen LogP contribution in [0.5, 0.6) is 0 Å². The number of rotatable bonds is 4. The van der Waals surface area contributed by atoms with E-state index in [1.54, 1.807) is 0 Å². The third kappa shape index (κ3) is 6.25. The third-order valence-corrected chi connectivity index (χ3v) is 4.56. The summed E-state index contributed by atoms with van der Waals surface area (Å²) in [5.41, 5.74) is -0.101. The molecule has 0 bridgehead atoms. The van der Waals surface area contributed by atoms with Crippen molar-refractivity contribution in [2.75, 3.05) is 19.6 Å². The van der Waals surface area contributed by atoms with Crippen molar-refractivity contribution in [3.05, 3.63) is 0 Å². The first-order valence-corrected chi connectivity index (χ1v) is 8.22. The summed E-state index contributed by atoms with van der Waals surface area (Å²) < 4.78 is 5.42. The second kappa shape index (κ2) is 6.99. The maximum atomic E-state index is 12.0. The second-order valence-electron chi connectivity index (χ2n) is 8.27. The maximum absolute atomic E-state index is 12.0. The van der Waals surface area contributed by atoms with Crippen LogP contribution in [0.3, 0.4) is 0 Å². The fraction of sp³-hybridized carbons (Fsp3) is 0.941. The molecule has 0 aromatic rings. The highest BCUT2D eigenvalue weighted by Crippen LogP contribution is 2.25. The van der Waals surface area contributed by atoms with Crippen molar-refractivity contribution in [1.29, 1.82) is 0 Å². The first kappa shape index (κ1) is 18.3. The Morgan fingerprint density at radius 2 is 1.71 bits per heavy atom. The lowest BCUT2D eigenvalue weighted by atomic mass is 9.81. The average Bonchev–Trinajstić information content (AvgIpc) is 2.35. The van der Waals surface area contributed by atoms with E-state index in [9.17, 15) is 4.79 Å². The lowest BCUT2D eigenvalue weighted by Crippen LogP contribution is -2.48. The van der Waals surface area contributed by atoms with Gasteiger partial charge in [-0.3, -0.25) is 0 Å². The molecular weight excluding hydrogens is 264 g/mol. The number of nitrogens with zero attached hydrogens (tertiary/aromatic N) is 1. The minimum atomic E-state index is -0.409. The highest BCUT2D eigenvalue weighted by Gasteiger charge is 2.28. The monoisotopic (exact) mass is 298 g/mol. The molecule has 1 fully saturated rings. The van der Waals surface area contributed by atoms with Gasteiger partial charge in [-0.1, -0.05) is 27.7 Å². The van der Waals surface area contributed by atoms with E-state index in [2.05, 4.69) is 33.0 Å². The number of likely N-dealkylation sites (tertiary alicyclic amines) is 1. The van der Waals surface area contributed by atoms with E-state index < -0.39 is 5.60 Å². The first-order chi connectivity index (χ1) is 9.51. The largest absolute Gasteiger partial charge is 0.444 e. The Bertz CT molecular complexity index is 337. The van der Waals surface area contributed by atoms with E-state index in [1.807, 2.05) is 25.7 Å². The van der Waals surface area contributed by atoms with Crippen LogP contribution >= 0.6 is 0 Å². The van der Waals surface area contributed by atoms with E-state index >= 15 is 0 Å². The molecule has 4 heteroatoms. The lowest BCUT2D eigenvalue weighted by Gasteiger charge is -2.36. The molecule has 0 atom stereocenters. The van der Waals surface area contributed by atoms with Gasteiger partial charge < -0.3 is 15.0 Å². The number of carbonyl (C=O) groups excluding carboxylic acids is 1. The standard InChI is InChI=1S/C17H34N2O2/c1-13(2)17(6,7)12-18-14-8-10-19(11-9-14)15(20)21-16(3,4)5/h13-14,18H,8-12H2,1-7H3. The fourth-order valence-electron chi connectivity index (χ4n) is 2.20. The first-order valence-electron chi connectivity index (χ1n) is 8.22. The zero-order chi connectivity index (χ0) is 16.3. The Balaban J connectivity index is 2.34. The Morgan fingerprint density at radius 1 is 1.19 bits per heavy atom. The van der Waals surface area contributed by atoms with E-state index in [-0.39, 0.29) is 6.09 Å². The Morgan fingerprint density at radius 3 is 2.14 bits per heavy atom. The number of ether oxygens (including phenoxy) is 1. The smallest absolute Gasteiger partial charge is 0.410 e. The van der Waals surface area contributed by atoms with Crippen molar-refractivity contribution in [3.63, 3.8) is 0 Å². The van der Waals surface area contributed by atoms with Gasteiger partial charge in [-0.2, -0.15) is 0 Å².